The number of carbonyl (C=O) groups excluding carboxylic acids is 2. The molecule has 8 nitrogen and oxygen atoms in total. The number of nitrogens with one attached hydrogen (secondary N) is 3. The average molecular weight is 497 g/mol. The molecule has 8 heteroatoms. The number of amides is 2. The van der Waals surface area contributed by atoms with Crippen molar-refractivity contribution in [2.24, 2.45) is 0 Å². The second-order valence-electron chi connectivity index (χ2n) is 10.9. The highest BCUT2D eigenvalue weighted by molar-refractivity contribution is 5.90. The molecule has 4 heterocycles. The zero-order valence-corrected chi connectivity index (χ0v) is 22.3. The van der Waals surface area contributed by atoms with Crippen molar-refractivity contribution >= 4 is 22.8 Å². The summed E-state index contributed by atoms with van der Waals surface area (Å²) >= 11 is 0. The maximum absolute atomic E-state index is 13.6. The Kier molecular flexibility index (Phi) is 9.37. The van der Waals surface area contributed by atoms with Gasteiger partial charge in [-0.05, 0) is 82.3 Å². The van der Waals surface area contributed by atoms with Gasteiger partial charge in [-0.25, -0.2) is 4.98 Å². The molecule has 0 saturated carbocycles. The van der Waals surface area contributed by atoms with Crippen LogP contribution < -0.4 is 10.6 Å². The molecule has 0 spiro atoms. The number of likely N-dealkylation sites (tertiary alicyclic amines) is 2. The molecule has 0 bridgehead atoms. The molecule has 2 amide bonds. The molecule has 2 fully saturated rings. The third-order valence-electron chi connectivity index (χ3n) is 7.60. The Balaban J connectivity index is 1.30. The van der Waals surface area contributed by atoms with E-state index >= 15 is 0 Å². The lowest BCUT2D eigenvalue weighted by molar-refractivity contribution is -0.140. The molecule has 3 N–H and O–H groups in total. The van der Waals surface area contributed by atoms with Gasteiger partial charge in [0.2, 0.25) is 11.8 Å². The predicted octanol–water partition coefficient (Wildman–Crippen LogP) is 3.50. The topological polar surface area (TPSA) is 93.4 Å². The van der Waals surface area contributed by atoms with Crippen LogP contribution in [0.5, 0.6) is 0 Å². The van der Waals surface area contributed by atoms with Crippen LogP contribution in [0.4, 0.5) is 0 Å². The van der Waals surface area contributed by atoms with Gasteiger partial charge in [-0.1, -0.05) is 26.7 Å². The molecule has 4 rings (SSSR count). The lowest BCUT2D eigenvalue weighted by Gasteiger charge is -2.30. The molecule has 0 aliphatic carbocycles. The second kappa shape index (κ2) is 12.7. The van der Waals surface area contributed by atoms with E-state index in [1.54, 1.807) is 6.20 Å². The largest absolute Gasteiger partial charge is 0.350 e. The fourth-order valence-corrected chi connectivity index (χ4v) is 5.63. The SMILES string of the molecule is Cc1c[nH]c2ncc(CNC(=O)[C@@H]3CCCN3C(=O)[C@@H](CCCCN3CCCCC3)NC(C)C)cc12. The van der Waals surface area contributed by atoms with Crippen LogP contribution in [0.3, 0.4) is 0 Å². The molecular formula is C28H44N6O2. The number of nitrogens with zero attached hydrogens (tertiary/aromatic N) is 3. The molecule has 198 valence electrons. The highest BCUT2D eigenvalue weighted by Crippen LogP contribution is 2.21. The van der Waals surface area contributed by atoms with Crippen molar-refractivity contribution in [1.29, 1.82) is 0 Å². The monoisotopic (exact) mass is 496 g/mol. The van der Waals surface area contributed by atoms with Gasteiger partial charge in [0.1, 0.15) is 11.7 Å². The number of pyridine rings is 1. The number of carbonyl (C=O) groups is 2. The molecule has 0 aromatic carbocycles. The smallest absolute Gasteiger partial charge is 0.243 e. The van der Waals surface area contributed by atoms with Gasteiger partial charge in [-0.3, -0.25) is 9.59 Å². The highest BCUT2D eigenvalue weighted by atomic mass is 16.2. The van der Waals surface area contributed by atoms with E-state index in [0.717, 1.165) is 60.8 Å². The van der Waals surface area contributed by atoms with E-state index in [2.05, 4.69) is 45.4 Å². The van der Waals surface area contributed by atoms with Crippen molar-refractivity contribution in [1.82, 2.24) is 30.4 Å². The summed E-state index contributed by atoms with van der Waals surface area (Å²) in [5.41, 5.74) is 2.95. The summed E-state index contributed by atoms with van der Waals surface area (Å²) in [6.07, 6.45) is 12.2. The number of fused-ring (bicyclic) bond motifs is 1. The van der Waals surface area contributed by atoms with Crippen molar-refractivity contribution in [3.8, 4) is 0 Å². The first-order chi connectivity index (χ1) is 17.4. The van der Waals surface area contributed by atoms with Crippen LogP contribution in [0.2, 0.25) is 0 Å². The predicted molar refractivity (Wildman–Crippen MR) is 144 cm³/mol. The van der Waals surface area contributed by atoms with Crippen molar-refractivity contribution in [2.45, 2.75) is 96.8 Å². The number of aromatic amines is 1. The summed E-state index contributed by atoms with van der Waals surface area (Å²) in [6, 6.07) is 1.66. The van der Waals surface area contributed by atoms with E-state index in [9.17, 15) is 9.59 Å². The third-order valence-corrected chi connectivity index (χ3v) is 7.60. The zero-order valence-electron chi connectivity index (χ0n) is 22.3. The molecule has 2 aliphatic rings. The third kappa shape index (κ3) is 6.85. The van der Waals surface area contributed by atoms with E-state index in [0.29, 0.717) is 13.1 Å². The minimum absolute atomic E-state index is 0.0693. The lowest BCUT2D eigenvalue weighted by Crippen LogP contribution is -2.53. The Morgan fingerprint density at radius 2 is 1.94 bits per heavy atom. The standard InChI is InChI=1S/C28H44N6O2/c1-20(2)32-24(10-5-8-14-33-12-6-4-7-13-33)28(36)34-15-9-11-25(34)27(35)31-19-22-16-23-21(3)17-29-26(23)30-18-22/h16-18,20,24-25,32H,4-15,19H2,1-3H3,(H,29,30)(H,31,35)/t24-,25+/m1/s1. The van der Waals surface area contributed by atoms with Crippen LogP contribution in [0.1, 0.15) is 76.3 Å². The minimum Gasteiger partial charge on any atom is -0.350 e. The molecule has 0 unspecified atom stereocenters. The summed E-state index contributed by atoms with van der Waals surface area (Å²) in [7, 11) is 0. The Morgan fingerprint density at radius 3 is 2.72 bits per heavy atom. The average Bonchev–Trinajstić information content (AvgIpc) is 3.51. The van der Waals surface area contributed by atoms with Gasteiger partial charge in [0.25, 0.3) is 0 Å². The van der Waals surface area contributed by atoms with Crippen LogP contribution in [0, 0.1) is 6.92 Å². The van der Waals surface area contributed by atoms with Crippen molar-refractivity contribution < 1.29 is 9.59 Å². The molecule has 2 aromatic rings. The second-order valence-corrected chi connectivity index (χ2v) is 10.9. The van der Waals surface area contributed by atoms with Gasteiger partial charge in [0.15, 0.2) is 0 Å². The van der Waals surface area contributed by atoms with Gasteiger partial charge in [-0.2, -0.15) is 0 Å². The molecule has 2 aromatic heterocycles. The van der Waals surface area contributed by atoms with E-state index in [1.807, 2.05) is 18.0 Å². The molecule has 0 radical (unpaired) electrons. The Hall–Kier alpha value is -2.45. The van der Waals surface area contributed by atoms with Gasteiger partial charge in [0.05, 0.1) is 6.04 Å². The maximum atomic E-state index is 13.6. The van der Waals surface area contributed by atoms with Crippen LogP contribution >= 0.6 is 0 Å². The van der Waals surface area contributed by atoms with Gasteiger partial charge < -0.3 is 25.4 Å². The lowest BCUT2D eigenvalue weighted by atomic mass is 10.1. The van der Waals surface area contributed by atoms with E-state index in [1.165, 1.54) is 32.4 Å². The summed E-state index contributed by atoms with van der Waals surface area (Å²) in [4.78, 5) is 38.7. The maximum Gasteiger partial charge on any atom is 0.243 e. The summed E-state index contributed by atoms with van der Waals surface area (Å²) in [6.45, 7) is 10.8. The first kappa shape index (κ1) is 26.6. The van der Waals surface area contributed by atoms with E-state index < -0.39 is 6.04 Å². The first-order valence-electron chi connectivity index (χ1n) is 13.9. The van der Waals surface area contributed by atoms with Crippen LogP contribution in [0.15, 0.2) is 18.5 Å². The minimum atomic E-state index is -0.395. The van der Waals surface area contributed by atoms with Gasteiger partial charge in [0, 0.05) is 36.9 Å². The van der Waals surface area contributed by atoms with Crippen LogP contribution in [0.25, 0.3) is 11.0 Å². The fourth-order valence-electron chi connectivity index (χ4n) is 5.63. The molecular weight excluding hydrogens is 452 g/mol. The Bertz CT molecular complexity index is 1010. The van der Waals surface area contributed by atoms with Gasteiger partial charge >= 0.3 is 0 Å². The number of unbranched alkanes of at least 4 members (excludes halogenated alkanes) is 1. The van der Waals surface area contributed by atoms with Crippen molar-refractivity contribution in [3.63, 3.8) is 0 Å². The quantitative estimate of drug-likeness (QED) is 0.414. The summed E-state index contributed by atoms with van der Waals surface area (Å²) < 4.78 is 0. The number of hydrogen-bond acceptors (Lipinski definition) is 5. The highest BCUT2D eigenvalue weighted by Gasteiger charge is 2.37. The first-order valence-corrected chi connectivity index (χ1v) is 13.9. The molecule has 2 aliphatic heterocycles. The van der Waals surface area contributed by atoms with Crippen molar-refractivity contribution in [3.05, 3.63) is 29.6 Å². The summed E-state index contributed by atoms with van der Waals surface area (Å²) in [5.74, 6) is 0.00508. The summed E-state index contributed by atoms with van der Waals surface area (Å²) in [5, 5.41) is 7.62. The molecule has 36 heavy (non-hydrogen) atoms. The van der Waals surface area contributed by atoms with E-state index in [4.69, 9.17) is 0 Å². The normalized spacial score (nSPS) is 19.8. The fraction of sp³-hybridized carbons (Fsp3) is 0.679. The van der Waals surface area contributed by atoms with Crippen LogP contribution in [-0.2, 0) is 16.1 Å². The number of aromatic nitrogens is 2. The Morgan fingerprint density at radius 1 is 1.14 bits per heavy atom. The zero-order chi connectivity index (χ0) is 25.5. The molecule has 2 atom stereocenters. The number of aryl methyl sites for hydroxylation is 1. The Labute approximate surface area is 215 Å². The van der Waals surface area contributed by atoms with Gasteiger partial charge in [-0.15, -0.1) is 0 Å². The van der Waals surface area contributed by atoms with Crippen LogP contribution in [-0.4, -0.2) is 75.9 Å². The van der Waals surface area contributed by atoms with E-state index in [-0.39, 0.29) is 23.9 Å². The number of H-pyrrole nitrogens is 1. The van der Waals surface area contributed by atoms with Crippen molar-refractivity contribution in [2.75, 3.05) is 26.2 Å². The molecule has 2 saturated heterocycles. The number of piperidine rings is 1. The number of hydrogen-bond donors (Lipinski definition) is 3. The number of rotatable bonds is 11.